The number of aromatic nitrogens is 1. The molecule has 1 atom stereocenters. The number of fused-ring (bicyclic) bond motifs is 1. The lowest BCUT2D eigenvalue weighted by molar-refractivity contribution is -0.118. The Balaban J connectivity index is 1.63. The molecule has 0 saturated carbocycles. The minimum Gasteiger partial charge on any atom is -0.481 e. The van der Waals surface area contributed by atoms with E-state index in [1.807, 2.05) is 37.3 Å². The zero-order valence-corrected chi connectivity index (χ0v) is 14.5. The maximum atomic E-state index is 12.4. The summed E-state index contributed by atoms with van der Waals surface area (Å²) in [5, 5.41) is 0.695. The van der Waals surface area contributed by atoms with Crippen LogP contribution in [-0.2, 0) is 22.5 Å². The van der Waals surface area contributed by atoms with Gasteiger partial charge in [-0.15, -0.1) is 0 Å². The molecule has 1 aromatic carbocycles. The van der Waals surface area contributed by atoms with Crippen molar-refractivity contribution in [1.29, 1.82) is 0 Å². The van der Waals surface area contributed by atoms with E-state index in [4.69, 9.17) is 16.3 Å². The van der Waals surface area contributed by atoms with Crippen molar-refractivity contribution in [3.05, 3.63) is 63.9 Å². The van der Waals surface area contributed by atoms with Crippen molar-refractivity contribution in [1.82, 2.24) is 4.98 Å². The third kappa shape index (κ3) is 3.65. The molecule has 0 amide bonds. The van der Waals surface area contributed by atoms with Gasteiger partial charge in [0.2, 0.25) is 5.90 Å². The third-order valence-corrected chi connectivity index (χ3v) is 4.43. The molecule has 0 N–H and O–H groups in total. The van der Waals surface area contributed by atoms with Crippen LogP contribution < -0.4 is 0 Å². The Kier molecular flexibility index (Phi) is 4.95. The van der Waals surface area contributed by atoms with Crippen LogP contribution in [-0.4, -0.2) is 23.8 Å². The summed E-state index contributed by atoms with van der Waals surface area (Å²) in [6.45, 7) is 2.62. The number of benzene rings is 1. The number of aliphatic imine (C=N–C) groups is 1. The van der Waals surface area contributed by atoms with Crippen molar-refractivity contribution >= 4 is 23.3 Å². The van der Waals surface area contributed by atoms with Crippen LogP contribution >= 0.6 is 11.6 Å². The van der Waals surface area contributed by atoms with Gasteiger partial charge in [-0.1, -0.05) is 30.7 Å². The molecule has 1 aliphatic heterocycles. The predicted molar refractivity (Wildman–Crippen MR) is 94.7 cm³/mol. The number of nitrogens with zero attached hydrogens (tertiary/aromatic N) is 2. The van der Waals surface area contributed by atoms with E-state index in [2.05, 4.69) is 9.98 Å². The monoisotopic (exact) mass is 342 g/mol. The van der Waals surface area contributed by atoms with E-state index in [-0.39, 0.29) is 11.7 Å². The fraction of sp³-hybridized carbons (Fsp3) is 0.316. The number of carbonyl (C=O) groups is 1. The first-order valence-corrected chi connectivity index (χ1v) is 8.28. The van der Waals surface area contributed by atoms with E-state index in [9.17, 15) is 4.79 Å². The number of methoxy groups -OCH3 is 1. The van der Waals surface area contributed by atoms with Gasteiger partial charge in [0, 0.05) is 29.8 Å². The molecule has 1 aliphatic rings. The smallest absolute Gasteiger partial charge is 0.218 e. The second-order valence-corrected chi connectivity index (χ2v) is 6.47. The van der Waals surface area contributed by atoms with Gasteiger partial charge in [-0.3, -0.25) is 9.78 Å². The number of ether oxygens (including phenoxy) is 1. The quantitative estimate of drug-likeness (QED) is 0.826. The van der Waals surface area contributed by atoms with Crippen LogP contribution in [0.2, 0.25) is 5.02 Å². The Morgan fingerprint density at radius 2 is 2.21 bits per heavy atom. The standard InChI is InChI=1S/C19H19ClN2O2/c1-12(13-4-3-5-15(20)7-13)6-17(23)9-16-8-14-10-22-19(24-2)18(14)11-21-16/h3-5,7-8,11-12H,6,9-10H2,1-2H3/t12-/m0/s1. The topological polar surface area (TPSA) is 51.5 Å². The molecule has 4 nitrogen and oxygen atoms in total. The summed E-state index contributed by atoms with van der Waals surface area (Å²) in [4.78, 5) is 21.1. The van der Waals surface area contributed by atoms with Crippen LogP contribution in [0.1, 0.15) is 41.6 Å². The number of hydrogen-bond donors (Lipinski definition) is 0. The predicted octanol–water partition coefficient (Wildman–Crippen LogP) is 3.95. The minimum absolute atomic E-state index is 0.133. The zero-order valence-electron chi connectivity index (χ0n) is 13.8. The fourth-order valence-electron chi connectivity index (χ4n) is 2.93. The molecule has 0 spiro atoms. The summed E-state index contributed by atoms with van der Waals surface area (Å²) in [6, 6.07) is 9.61. The number of hydrogen-bond acceptors (Lipinski definition) is 4. The highest BCUT2D eigenvalue weighted by Gasteiger charge is 2.19. The number of carbonyl (C=O) groups excluding carboxylic acids is 1. The molecule has 2 heterocycles. The molecular weight excluding hydrogens is 324 g/mol. The lowest BCUT2D eigenvalue weighted by atomic mass is 9.94. The first-order valence-electron chi connectivity index (χ1n) is 7.90. The molecule has 1 aromatic heterocycles. The summed E-state index contributed by atoms with van der Waals surface area (Å²) >= 11 is 6.02. The average Bonchev–Trinajstić information content (AvgIpc) is 2.97. The van der Waals surface area contributed by atoms with E-state index in [0.717, 1.165) is 22.4 Å². The molecule has 124 valence electrons. The highest BCUT2D eigenvalue weighted by molar-refractivity contribution is 6.30. The maximum absolute atomic E-state index is 12.4. The summed E-state index contributed by atoms with van der Waals surface area (Å²) in [6.07, 6.45) is 2.55. The molecule has 0 radical (unpaired) electrons. The van der Waals surface area contributed by atoms with E-state index in [1.165, 1.54) is 0 Å². The summed E-state index contributed by atoms with van der Waals surface area (Å²) in [5.41, 5.74) is 3.84. The molecule has 0 saturated heterocycles. The zero-order chi connectivity index (χ0) is 17.1. The number of Topliss-reactive ketones (excluding diaryl/α,β-unsaturated/α-hetero) is 1. The van der Waals surface area contributed by atoms with Crippen molar-refractivity contribution in [2.45, 2.75) is 32.2 Å². The lowest BCUT2D eigenvalue weighted by Gasteiger charge is -2.11. The Morgan fingerprint density at radius 3 is 2.96 bits per heavy atom. The van der Waals surface area contributed by atoms with E-state index in [1.54, 1.807) is 13.3 Å². The van der Waals surface area contributed by atoms with Crippen molar-refractivity contribution in [3.8, 4) is 0 Å². The molecule has 0 bridgehead atoms. The van der Waals surface area contributed by atoms with Crippen LogP contribution in [0, 0.1) is 0 Å². The first kappa shape index (κ1) is 16.7. The molecule has 24 heavy (non-hydrogen) atoms. The molecule has 0 fully saturated rings. The van der Waals surface area contributed by atoms with Crippen LogP contribution in [0.4, 0.5) is 0 Å². The van der Waals surface area contributed by atoms with Crippen molar-refractivity contribution in [3.63, 3.8) is 0 Å². The van der Waals surface area contributed by atoms with Crippen LogP contribution in [0.15, 0.2) is 41.5 Å². The van der Waals surface area contributed by atoms with Gasteiger partial charge in [0.15, 0.2) is 0 Å². The van der Waals surface area contributed by atoms with Gasteiger partial charge >= 0.3 is 0 Å². The van der Waals surface area contributed by atoms with Crippen LogP contribution in [0.3, 0.4) is 0 Å². The van der Waals surface area contributed by atoms with Gasteiger partial charge in [0.1, 0.15) is 5.78 Å². The van der Waals surface area contributed by atoms with Gasteiger partial charge < -0.3 is 4.74 Å². The summed E-state index contributed by atoms with van der Waals surface area (Å²) < 4.78 is 5.20. The molecule has 3 rings (SSSR count). The Labute approximate surface area is 146 Å². The lowest BCUT2D eigenvalue weighted by Crippen LogP contribution is -2.10. The van der Waals surface area contributed by atoms with Gasteiger partial charge in [0.05, 0.1) is 19.2 Å². The Hall–Kier alpha value is -2.20. The fourth-order valence-corrected chi connectivity index (χ4v) is 3.13. The highest BCUT2D eigenvalue weighted by Crippen LogP contribution is 2.24. The first-order chi connectivity index (χ1) is 11.6. The molecule has 0 aliphatic carbocycles. The van der Waals surface area contributed by atoms with Crippen molar-refractivity contribution in [2.75, 3.05) is 7.11 Å². The molecule has 2 aromatic rings. The Morgan fingerprint density at radius 1 is 1.38 bits per heavy atom. The van der Waals surface area contributed by atoms with Crippen molar-refractivity contribution < 1.29 is 9.53 Å². The Bertz CT molecular complexity index is 802. The van der Waals surface area contributed by atoms with Gasteiger partial charge in [0.25, 0.3) is 0 Å². The van der Waals surface area contributed by atoms with Crippen LogP contribution in [0.25, 0.3) is 0 Å². The second-order valence-electron chi connectivity index (χ2n) is 6.03. The maximum Gasteiger partial charge on any atom is 0.218 e. The number of pyridine rings is 1. The molecular formula is C19H19ClN2O2. The number of ketones is 1. The van der Waals surface area contributed by atoms with Gasteiger partial charge in [-0.05, 0) is 35.2 Å². The van der Waals surface area contributed by atoms with E-state index in [0.29, 0.717) is 30.3 Å². The summed E-state index contributed by atoms with van der Waals surface area (Å²) in [5.74, 6) is 0.916. The highest BCUT2D eigenvalue weighted by atomic mass is 35.5. The number of halogens is 1. The molecule has 5 heteroatoms. The van der Waals surface area contributed by atoms with E-state index >= 15 is 0 Å². The molecule has 0 unspecified atom stereocenters. The van der Waals surface area contributed by atoms with Crippen molar-refractivity contribution in [2.24, 2.45) is 4.99 Å². The second kappa shape index (κ2) is 7.14. The van der Waals surface area contributed by atoms with Gasteiger partial charge in [-0.25, -0.2) is 4.99 Å². The van der Waals surface area contributed by atoms with Gasteiger partial charge in [-0.2, -0.15) is 0 Å². The normalized spacial score (nSPS) is 14.0. The largest absolute Gasteiger partial charge is 0.481 e. The SMILES string of the molecule is COC1=NCc2cc(CC(=O)C[C@H](C)c3cccc(Cl)c3)ncc21. The minimum atomic E-state index is 0.133. The third-order valence-electron chi connectivity index (χ3n) is 4.19. The summed E-state index contributed by atoms with van der Waals surface area (Å²) in [7, 11) is 1.60. The number of rotatable bonds is 5. The van der Waals surface area contributed by atoms with E-state index < -0.39 is 0 Å². The average molecular weight is 343 g/mol. The van der Waals surface area contributed by atoms with Crippen LogP contribution in [0.5, 0.6) is 0 Å².